The highest BCUT2D eigenvalue weighted by Crippen LogP contribution is 2.23. The summed E-state index contributed by atoms with van der Waals surface area (Å²) < 4.78 is 1.70. The van der Waals surface area contributed by atoms with Gasteiger partial charge in [-0.15, -0.1) is 5.10 Å². The lowest BCUT2D eigenvalue weighted by Gasteiger charge is -2.02. The average Bonchev–Trinajstić information content (AvgIpc) is 3.04. The number of imidazole rings is 1. The minimum absolute atomic E-state index is 0.0943. The molecule has 6 heteroatoms. The molecule has 6 nitrogen and oxygen atoms in total. The van der Waals surface area contributed by atoms with Gasteiger partial charge < -0.3 is 10.4 Å². The van der Waals surface area contributed by atoms with Crippen LogP contribution in [0.3, 0.4) is 0 Å². The van der Waals surface area contributed by atoms with Crippen LogP contribution < -0.4 is 5.32 Å². The van der Waals surface area contributed by atoms with Crippen molar-refractivity contribution in [1.29, 1.82) is 0 Å². The van der Waals surface area contributed by atoms with Crippen molar-refractivity contribution in [3.05, 3.63) is 24.0 Å². The largest absolute Gasteiger partial charge is 0.481 e. The molecule has 2 aromatic rings. The third-order valence-electron chi connectivity index (χ3n) is 2.89. The number of nitrogens with one attached hydrogen (secondary N) is 1. The maximum absolute atomic E-state index is 10.5. The molecule has 1 fully saturated rings. The summed E-state index contributed by atoms with van der Waals surface area (Å²) in [6, 6.07) is 4.36. The number of anilines is 1. The number of carboxylic acids is 1. The summed E-state index contributed by atoms with van der Waals surface area (Å²) in [6.45, 7) is 0. The van der Waals surface area contributed by atoms with E-state index in [2.05, 4.69) is 15.4 Å². The van der Waals surface area contributed by atoms with Crippen LogP contribution in [0.1, 0.15) is 25.0 Å². The van der Waals surface area contributed by atoms with E-state index in [-0.39, 0.29) is 6.42 Å². The van der Waals surface area contributed by atoms with Crippen molar-refractivity contribution in [3.63, 3.8) is 0 Å². The van der Waals surface area contributed by atoms with Crippen molar-refractivity contribution in [1.82, 2.24) is 14.6 Å². The van der Waals surface area contributed by atoms with E-state index in [0.29, 0.717) is 12.5 Å². The van der Waals surface area contributed by atoms with Crippen molar-refractivity contribution in [3.8, 4) is 0 Å². The monoisotopic (exact) mass is 246 g/mol. The SMILES string of the molecule is O=C(O)CCc1cn2nc(NC3CC3)ccc2n1. The molecule has 2 aromatic heterocycles. The fourth-order valence-electron chi connectivity index (χ4n) is 1.80. The van der Waals surface area contributed by atoms with Gasteiger partial charge in [0.1, 0.15) is 5.82 Å². The summed E-state index contributed by atoms with van der Waals surface area (Å²) in [7, 11) is 0. The molecule has 0 aliphatic heterocycles. The van der Waals surface area contributed by atoms with Gasteiger partial charge in [0, 0.05) is 12.5 Å². The number of hydrogen-bond donors (Lipinski definition) is 2. The van der Waals surface area contributed by atoms with Crippen LogP contribution in [0.5, 0.6) is 0 Å². The van der Waals surface area contributed by atoms with Crippen LogP contribution >= 0.6 is 0 Å². The first-order valence-electron chi connectivity index (χ1n) is 6.04. The van der Waals surface area contributed by atoms with E-state index in [9.17, 15) is 4.79 Å². The van der Waals surface area contributed by atoms with E-state index in [1.807, 2.05) is 12.1 Å². The molecule has 0 unspecified atom stereocenters. The molecule has 2 heterocycles. The Morgan fingerprint density at radius 1 is 1.50 bits per heavy atom. The Morgan fingerprint density at radius 3 is 3.06 bits per heavy atom. The Kier molecular flexibility index (Phi) is 2.62. The van der Waals surface area contributed by atoms with Crippen LogP contribution in [0.4, 0.5) is 5.82 Å². The van der Waals surface area contributed by atoms with Gasteiger partial charge in [-0.3, -0.25) is 4.79 Å². The molecule has 3 rings (SSSR count). The molecule has 1 aliphatic carbocycles. The number of carboxylic acid groups (broad SMARTS) is 1. The van der Waals surface area contributed by atoms with E-state index >= 15 is 0 Å². The highest BCUT2D eigenvalue weighted by atomic mass is 16.4. The number of nitrogens with zero attached hydrogens (tertiary/aromatic N) is 3. The van der Waals surface area contributed by atoms with Gasteiger partial charge in [0.2, 0.25) is 0 Å². The summed E-state index contributed by atoms with van der Waals surface area (Å²) in [5.74, 6) is 0.0308. The van der Waals surface area contributed by atoms with Gasteiger partial charge >= 0.3 is 5.97 Å². The molecule has 18 heavy (non-hydrogen) atoms. The molecule has 0 spiro atoms. The van der Waals surface area contributed by atoms with Gasteiger partial charge in [0.15, 0.2) is 5.65 Å². The van der Waals surface area contributed by atoms with E-state index in [0.717, 1.165) is 17.2 Å². The molecule has 0 radical (unpaired) electrons. The lowest BCUT2D eigenvalue weighted by molar-refractivity contribution is -0.136. The fourth-order valence-corrected chi connectivity index (χ4v) is 1.80. The smallest absolute Gasteiger partial charge is 0.303 e. The molecular weight excluding hydrogens is 232 g/mol. The molecule has 94 valence electrons. The normalized spacial score (nSPS) is 14.9. The van der Waals surface area contributed by atoms with Crippen LogP contribution in [0, 0.1) is 0 Å². The number of rotatable bonds is 5. The average molecular weight is 246 g/mol. The molecule has 0 atom stereocenters. The number of aromatic nitrogens is 3. The Hall–Kier alpha value is -2.11. The molecule has 0 aromatic carbocycles. The Labute approximate surface area is 104 Å². The summed E-state index contributed by atoms with van der Waals surface area (Å²) in [4.78, 5) is 14.8. The lowest BCUT2D eigenvalue weighted by atomic mass is 10.2. The minimum atomic E-state index is -0.809. The molecule has 1 saturated carbocycles. The molecule has 0 amide bonds. The quantitative estimate of drug-likeness (QED) is 0.831. The van der Waals surface area contributed by atoms with Crippen molar-refractivity contribution >= 4 is 17.4 Å². The van der Waals surface area contributed by atoms with E-state index in [4.69, 9.17) is 5.11 Å². The van der Waals surface area contributed by atoms with Crippen LogP contribution in [0.2, 0.25) is 0 Å². The lowest BCUT2D eigenvalue weighted by Crippen LogP contribution is -2.04. The van der Waals surface area contributed by atoms with Gasteiger partial charge in [-0.2, -0.15) is 0 Å². The third kappa shape index (κ3) is 2.42. The number of hydrogen-bond acceptors (Lipinski definition) is 4. The molecule has 0 bridgehead atoms. The van der Waals surface area contributed by atoms with Crippen LogP contribution in [0.15, 0.2) is 18.3 Å². The van der Waals surface area contributed by atoms with E-state index < -0.39 is 5.97 Å². The van der Waals surface area contributed by atoms with Crippen molar-refractivity contribution < 1.29 is 9.90 Å². The summed E-state index contributed by atoms with van der Waals surface area (Å²) in [5, 5.41) is 16.4. The maximum atomic E-state index is 10.5. The first-order chi connectivity index (χ1) is 8.70. The second-order valence-corrected chi connectivity index (χ2v) is 4.57. The highest BCUT2D eigenvalue weighted by Gasteiger charge is 2.21. The predicted molar refractivity (Wildman–Crippen MR) is 65.6 cm³/mol. The molecular formula is C12H14N4O2. The number of fused-ring (bicyclic) bond motifs is 1. The zero-order valence-corrected chi connectivity index (χ0v) is 9.83. The van der Waals surface area contributed by atoms with Crippen molar-refractivity contribution in [2.24, 2.45) is 0 Å². The van der Waals surface area contributed by atoms with Gasteiger partial charge in [-0.1, -0.05) is 0 Å². The van der Waals surface area contributed by atoms with Gasteiger partial charge in [-0.25, -0.2) is 9.50 Å². The number of aliphatic carboxylic acids is 1. The van der Waals surface area contributed by atoms with Gasteiger partial charge in [0.05, 0.1) is 18.3 Å². The molecule has 1 aliphatic rings. The fraction of sp³-hybridized carbons (Fsp3) is 0.417. The van der Waals surface area contributed by atoms with Crippen LogP contribution in [0.25, 0.3) is 5.65 Å². The Balaban J connectivity index is 1.79. The predicted octanol–water partition coefficient (Wildman–Crippen LogP) is 1.32. The molecule has 2 N–H and O–H groups in total. The zero-order chi connectivity index (χ0) is 12.5. The second-order valence-electron chi connectivity index (χ2n) is 4.57. The van der Waals surface area contributed by atoms with Crippen molar-refractivity contribution in [2.45, 2.75) is 31.7 Å². The first-order valence-corrected chi connectivity index (χ1v) is 6.04. The van der Waals surface area contributed by atoms with E-state index in [1.54, 1.807) is 10.7 Å². The standard InChI is InChI=1S/C12H14N4O2/c17-12(18)6-3-9-7-16-11(14-9)5-4-10(15-16)13-8-1-2-8/h4-5,7-8H,1-3,6H2,(H,13,15)(H,17,18). The van der Waals surface area contributed by atoms with E-state index in [1.165, 1.54) is 12.8 Å². The van der Waals surface area contributed by atoms with Crippen LogP contribution in [-0.2, 0) is 11.2 Å². The maximum Gasteiger partial charge on any atom is 0.303 e. The first kappa shape index (κ1) is 11.0. The third-order valence-corrected chi connectivity index (χ3v) is 2.89. The number of aryl methyl sites for hydroxylation is 1. The topological polar surface area (TPSA) is 79.5 Å². The summed E-state index contributed by atoms with van der Waals surface area (Å²) in [5.41, 5.74) is 1.50. The molecule has 0 saturated heterocycles. The minimum Gasteiger partial charge on any atom is -0.481 e. The van der Waals surface area contributed by atoms with Gasteiger partial charge in [0.25, 0.3) is 0 Å². The summed E-state index contributed by atoms with van der Waals surface area (Å²) in [6.07, 6.45) is 4.72. The zero-order valence-electron chi connectivity index (χ0n) is 9.83. The van der Waals surface area contributed by atoms with Crippen molar-refractivity contribution in [2.75, 3.05) is 5.32 Å². The Bertz CT molecular complexity index is 589. The number of carbonyl (C=O) groups is 1. The van der Waals surface area contributed by atoms with Crippen LogP contribution in [-0.4, -0.2) is 31.7 Å². The summed E-state index contributed by atoms with van der Waals surface area (Å²) >= 11 is 0. The second kappa shape index (κ2) is 4.29. The highest BCUT2D eigenvalue weighted by molar-refractivity contribution is 5.67. The Morgan fingerprint density at radius 2 is 2.33 bits per heavy atom. The van der Waals surface area contributed by atoms with Gasteiger partial charge in [-0.05, 0) is 25.0 Å².